The van der Waals surface area contributed by atoms with E-state index in [9.17, 15) is 19.2 Å². The number of rotatable bonds is 5. The third-order valence-electron chi connectivity index (χ3n) is 3.09. The summed E-state index contributed by atoms with van der Waals surface area (Å²) < 4.78 is 4.41. The fraction of sp³-hybridized carbons (Fsp3) is 0.500. The number of carboxylic acid groups (broad SMARTS) is 1. The normalized spacial score (nSPS) is 16.9. The van der Waals surface area contributed by atoms with Gasteiger partial charge in [0.05, 0.1) is 7.11 Å². The zero-order valence-electron chi connectivity index (χ0n) is 10.9. The van der Waals surface area contributed by atoms with Crippen LogP contribution in [0.25, 0.3) is 0 Å². The number of carboxylic acids is 1. The molecule has 0 saturated heterocycles. The summed E-state index contributed by atoms with van der Waals surface area (Å²) in [6.07, 6.45) is -0.345. The van der Waals surface area contributed by atoms with E-state index >= 15 is 0 Å². The van der Waals surface area contributed by atoms with Gasteiger partial charge in [-0.15, -0.1) is 0 Å². The van der Waals surface area contributed by atoms with Crippen LogP contribution in [0.1, 0.15) is 26.7 Å². The Morgan fingerprint density at radius 1 is 1.21 bits per heavy atom. The first-order valence-electron chi connectivity index (χ1n) is 5.66. The van der Waals surface area contributed by atoms with Gasteiger partial charge in [-0.05, 0) is 20.3 Å². The predicted octanol–water partition coefficient (Wildman–Crippen LogP) is 0.0980. The lowest BCUT2D eigenvalue weighted by Gasteiger charge is -2.22. The molecule has 0 aromatic carbocycles. The SMILES string of the molecule is COC(=O)CCC(C(=O)O)N1C(=O)C(C)=C(C)C1=O. The summed E-state index contributed by atoms with van der Waals surface area (Å²) in [5.41, 5.74) is 0.462. The number of methoxy groups -OCH3 is 1. The Balaban J connectivity index is 2.91. The van der Waals surface area contributed by atoms with Crippen LogP contribution < -0.4 is 0 Å². The Morgan fingerprint density at radius 3 is 2.05 bits per heavy atom. The third-order valence-corrected chi connectivity index (χ3v) is 3.09. The minimum Gasteiger partial charge on any atom is -0.480 e. The molecule has 0 spiro atoms. The van der Waals surface area contributed by atoms with E-state index in [0.717, 1.165) is 0 Å². The van der Waals surface area contributed by atoms with Gasteiger partial charge in [0.15, 0.2) is 0 Å². The Hall–Kier alpha value is -2.18. The summed E-state index contributed by atoms with van der Waals surface area (Å²) in [5, 5.41) is 9.11. The van der Waals surface area contributed by atoms with E-state index in [1.54, 1.807) is 0 Å². The highest BCUT2D eigenvalue weighted by Crippen LogP contribution is 2.24. The molecule has 1 aliphatic rings. The average Bonchev–Trinajstić information content (AvgIpc) is 2.55. The summed E-state index contributed by atoms with van der Waals surface area (Å²) in [5.74, 6) is -3.17. The van der Waals surface area contributed by atoms with Crippen LogP contribution in [0.2, 0.25) is 0 Å². The fourth-order valence-corrected chi connectivity index (χ4v) is 1.78. The van der Waals surface area contributed by atoms with E-state index in [-0.39, 0.29) is 24.0 Å². The van der Waals surface area contributed by atoms with Crippen molar-refractivity contribution in [2.45, 2.75) is 32.7 Å². The van der Waals surface area contributed by atoms with Crippen molar-refractivity contribution in [3.05, 3.63) is 11.1 Å². The van der Waals surface area contributed by atoms with Gasteiger partial charge in [0.1, 0.15) is 6.04 Å². The van der Waals surface area contributed by atoms with Crippen molar-refractivity contribution in [2.75, 3.05) is 7.11 Å². The Kier molecular flexibility index (Phi) is 4.42. The van der Waals surface area contributed by atoms with Crippen LogP contribution in [0.15, 0.2) is 11.1 Å². The van der Waals surface area contributed by atoms with Crippen molar-refractivity contribution in [1.82, 2.24) is 4.90 Å². The van der Waals surface area contributed by atoms with E-state index in [1.165, 1.54) is 21.0 Å². The first-order valence-corrected chi connectivity index (χ1v) is 5.66. The Labute approximate surface area is 109 Å². The van der Waals surface area contributed by atoms with Crippen LogP contribution in [0.5, 0.6) is 0 Å². The molecule has 1 aliphatic heterocycles. The van der Waals surface area contributed by atoms with Crippen LogP contribution in [0.3, 0.4) is 0 Å². The van der Waals surface area contributed by atoms with E-state index in [2.05, 4.69) is 4.74 Å². The van der Waals surface area contributed by atoms with Gasteiger partial charge in [-0.1, -0.05) is 0 Å². The van der Waals surface area contributed by atoms with Crippen LogP contribution in [-0.4, -0.2) is 46.9 Å². The highest BCUT2D eigenvalue weighted by molar-refractivity contribution is 6.20. The Bertz CT molecular complexity index is 455. The molecule has 0 saturated carbocycles. The molecule has 1 heterocycles. The molecule has 2 amide bonds. The first-order chi connectivity index (χ1) is 8.81. The number of aliphatic carboxylic acids is 1. The maximum atomic E-state index is 11.9. The van der Waals surface area contributed by atoms with Gasteiger partial charge in [0, 0.05) is 17.6 Å². The zero-order chi connectivity index (χ0) is 14.7. The molecule has 0 radical (unpaired) electrons. The second-order valence-electron chi connectivity index (χ2n) is 4.20. The number of carbonyl (C=O) groups is 4. The highest BCUT2D eigenvalue weighted by Gasteiger charge is 2.41. The molecular weight excluding hydrogens is 254 g/mol. The van der Waals surface area contributed by atoms with E-state index in [4.69, 9.17) is 5.11 Å². The summed E-state index contributed by atoms with van der Waals surface area (Å²) >= 11 is 0. The van der Waals surface area contributed by atoms with Gasteiger partial charge >= 0.3 is 11.9 Å². The van der Waals surface area contributed by atoms with Crippen molar-refractivity contribution in [2.24, 2.45) is 0 Å². The Morgan fingerprint density at radius 2 is 1.68 bits per heavy atom. The zero-order valence-corrected chi connectivity index (χ0v) is 10.9. The van der Waals surface area contributed by atoms with Crippen molar-refractivity contribution in [1.29, 1.82) is 0 Å². The molecule has 1 atom stereocenters. The van der Waals surface area contributed by atoms with E-state index in [0.29, 0.717) is 4.90 Å². The smallest absolute Gasteiger partial charge is 0.326 e. The molecular formula is C12H15NO6. The van der Waals surface area contributed by atoms with Crippen molar-refractivity contribution >= 4 is 23.8 Å². The van der Waals surface area contributed by atoms with Gasteiger partial charge in [0.2, 0.25) is 0 Å². The first kappa shape index (κ1) is 14.9. The molecule has 104 valence electrons. The van der Waals surface area contributed by atoms with Gasteiger partial charge in [0.25, 0.3) is 11.8 Å². The summed E-state index contributed by atoms with van der Waals surface area (Å²) in [6.45, 7) is 2.93. The number of esters is 1. The second kappa shape index (κ2) is 5.64. The third kappa shape index (κ3) is 2.81. The molecule has 0 aromatic heterocycles. The number of ether oxygens (including phenoxy) is 1. The molecule has 0 fully saturated rings. The summed E-state index contributed by atoms with van der Waals surface area (Å²) in [6, 6.07) is -1.36. The second-order valence-corrected chi connectivity index (χ2v) is 4.20. The minimum atomic E-state index is -1.36. The number of amides is 2. The molecule has 7 heteroatoms. The molecule has 7 nitrogen and oxygen atoms in total. The summed E-state index contributed by atoms with van der Waals surface area (Å²) in [7, 11) is 1.18. The highest BCUT2D eigenvalue weighted by atomic mass is 16.5. The average molecular weight is 269 g/mol. The van der Waals surface area contributed by atoms with Crippen LogP contribution in [0.4, 0.5) is 0 Å². The standard InChI is InChI=1S/C12H15NO6/c1-6-7(2)11(16)13(10(6)15)8(12(17)18)4-5-9(14)19-3/h8H,4-5H2,1-3H3,(H,17,18). The predicted molar refractivity (Wildman–Crippen MR) is 62.9 cm³/mol. The fourth-order valence-electron chi connectivity index (χ4n) is 1.78. The van der Waals surface area contributed by atoms with Gasteiger partial charge < -0.3 is 9.84 Å². The van der Waals surface area contributed by atoms with Crippen LogP contribution in [0, 0.1) is 0 Å². The lowest BCUT2D eigenvalue weighted by Crippen LogP contribution is -2.46. The van der Waals surface area contributed by atoms with Gasteiger partial charge in [-0.25, -0.2) is 4.79 Å². The number of nitrogens with zero attached hydrogens (tertiary/aromatic N) is 1. The van der Waals surface area contributed by atoms with Crippen LogP contribution >= 0.6 is 0 Å². The maximum Gasteiger partial charge on any atom is 0.326 e. The number of hydrogen-bond acceptors (Lipinski definition) is 5. The monoisotopic (exact) mass is 269 g/mol. The van der Waals surface area contributed by atoms with Crippen molar-refractivity contribution in [3.8, 4) is 0 Å². The van der Waals surface area contributed by atoms with E-state index < -0.39 is 29.8 Å². The van der Waals surface area contributed by atoms with Gasteiger partial charge in [-0.3, -0.25) is 19.3 Å². The topological polar surface area (TPSA) is 101 Å². The minimum absolute atomic E-state index is 0.167. The molecule has 0 aliphatic carbocycles. The van der Waals surface area contributed by atoms with Gasteiger partial charge in [-0.2, -0.15) is 0 Å². The molecule has 19 heavy (non-hydrogen) atoms. The summed E-state index contributed by atoms with van der Waals surface area (Å²) in [4.78, 5) is 46.6. The maximum absolute atomic E-state index is 11.9. The molecule has 0 aromatic rings. The lowest BCUT2D eigenvalue weighted by atomic mass is 10.1. The number of hydrogen-bond donors (Lipinski definition) is 1. The molecule has 0 bridgehead atoms. The quantitative estimate of drug-likeness (QED) is 0.561. The molecule has 1 rings (SSSR count). The van der Waals surface area contributed by atoms with Crippen molar-refractivity contribution < 1.29 is 29.0 Å². The molecule has 1 N–H and O–H groups in total. The number of imide groups is 1. The van der Waals surface area contributed by atoms with Crippen molar-refractivity contribution in [3.63, 3.8) is 0 Å². The largest absolute Gasteiger partial charge is 0.480 e. The lowest BCUT2D eigenvalue weighted by molar-refractivity contribution is -0.155. The number of carbonyl (C=O) groups excluding carboxylic acids is 3. The molecule has 1 unspecified atom stereocenters. The van der Waals surface area contributed by atoms with E-state index in [1.807, 2.05) is 0 Å². The van der Waals surface area contributed by atoms with Crippen LogP contribution in [-0.2, 0) is 23.9 Å².